The second-order valence-electron chi connectivity index (χ2n) is 4.34. The lowest BCUT2D eigenvalue weighted by atomic mass is 10.3. The summed E-state index contributed by atoms with van der Waals surface area (Å²) in [4.78, 5) is 39.9. The fourth-order valence-electron chi connectivity index (χ4n) is 1.85. The molecule has 0 radical (unpaired) electrons. The van der Waals surface area contributed by atoms with E-state index < -0.39 is 5.91 Å². The molecule has 0 fully saturated rings. The summed E-state index contributed by atoms with van der Waals surface area (Å²) in [5.41, 5.74) is 0.0450. The number of hydrogen-bond donors (Lipinski definition) is 1. The van der Waals surface area contributed by atoms with E-state index in [-0.39, 0.29) is 17.3 Å². The Morgan fingerprint density at radius 1 is 1.23 bits per heavy atom. The smallest absolute Gasteiger partial charge is 0.261 e. The van der Waals surface area contributed by atoms with Gasteiger partial charge in [0.1, 0.15) is 11.7 Å². The number of aromatic nitrogens is 5. The van der Waals surface area contributed by atoms with Crippen molar-refractivity contribution >= 4 is 34.2 Å². The largest absolute Gasteiger partial charge is 0.308 e. The Bertz CT molecular complexity index is 896. The van der Waals surface area contributed by atoms with Gasteiger partial charge in [-0.25, -0.2) is 15.0 Å². The van der Waals surface area contributed by atoms with Crippen molar-refractivity contribution in [3.63, 3.8) is 0 Å². The molecule has 0 aliphatic carbocycles. The third kappa shape index (κ3) is 2.91. The predicted molar refractivity (Wildman–Crippen MR) is 79.5 cm³/mol. The van der Waals surface area contributed by atoms with E-state index in [0.717, 1.165) is 0 Å². The highest BCUT2D eigenvalue weighted by atomic mass is 35.5. The van der Waals surface area contributed by atoms with Crippen LogP contribution in [0.2, 0.25) is 5.15 Å². The lowest BCUT2D eigenvalue weighted by Crippen LogP contribution is -2.28. The maximum absolute atomic E-state index is 12.3. The number of rotatable bonds is 3. The number of amides is 1. The Hall–Kier alpha value is -2.87. The number of halogens is 1. The van der Waals surface area contributed by atoms with Gasteiger partial charge in [-0.1, -0.05) is 11.6 Å². The van der Waals surface area contributed by atoms with Crippen molar-refractivity contribution in [2.75, 3.05) is 5.32 Å². The molecule has 0 bridgehead atoms. The standard InChI is InChI=1S/C13H9ClN6O2/c14-10-3-8-9(4-17-10)18-7-20(13(8)22)6-12(21)19-11-5-15-1-2-16-11/h1-5,7H,6H2,(H,16,19,21). The number of anilines is 1. The van der Waals surface area contributed by atoms with Crippen molar-refractivity contribution in [1.82, 2.24) is 24.5 Å². The van der Waals surface area contributed by atoms with Crippen molar-refractivity contribution < 1.29 is 4.79 Å². The molecule has 0 atom stereocenters. The van der Waals surface area contributed by atoms with E-state index in [0.29, 0.717) is 16.7 Å². The zero-order valence-electron chi connectivity index (χ0n) is 11.1. The second-order valence-corrected chi connectivity index (χ2v) is 4.73. The van der Waals surface area contributed by atoms with Gasteiger partial charge in [-0.3, -0.25) is 19.1 Å². The second kappa shape index (κ2) is 5.86. The lowest BCUT2D eigenvalue weighted by Gasteiger charge is -2.07. The quantitative estimate of drug-likeness (QED) is 0.719. The SMILES string of the molecule is O=C(Cn1cnc2cnc(Cl)cc2c1=O)Nc1cnccn1. The lowest BCUT2D eigenvalue weighted by molar-refractivity contribution is -0.116. The fraction of sp³-hybridized carbons (Fsp3) is 0.0769. The van der Waals surface area contributed by atoms with Crippen molar-refractivity contribution in [3.8, 4) is 0 Å². The van der Waals surface area contributed by atoms with E-state index in [2.05, 4.69) is 25.3 Å². The molecule has 3 heterocycles. The van der Waals surface area contributed by atoms with Crippen molar-refractivity contribution in [3.05, 3.63) is 52.7 Å². The Kier molecular flexibility index (Phi) is 3.75. The third-order valence-electron chi connectivity index (χ3n) is 2.82. The summed E-state index contributed by atoms with van der Waals surface area (Å²) in [6, 6.07) is 1.42. The van der Waals surface area contributed by atoms with Gasteiger partial charge in [0, 0.05) is 12.4 Å². The van der Waals surface area contributed by atoms with Gasteiger partial charge in [0.05, 0.1) is 29.6 Å². The average molecular weight is 317 g/mol. The molecule has 0 aliphatic rings. The summed E-state index contributed by atoms with van der Waals surface area (Å²) in [6.07, 6.45) is 7.05. The summed E-state index contributed by atoms with van der Waals surface area (Å²) < 4.78 is 1.18. The van der Waals surface area contributed by atoms with Crippen molar-refractivity contribution in [2.45, 2.75) is 6.54 Å². The topological polar surface area (TPSA) is 103 Å². The van der Waals surface area contributed by atoms with Crippen LogP contribution in [0.5, 0.6) is 0 Å². The Balaban J connectivity index is 1.86. The summed E-state index contributed by atoms with van der Waals surface area (Å²) in [6.45, 7) is -0.196. The molecule has 1 amide bonds. The predicted octanol–water partition coefficient (Wildman–Crippen LogP) is 0.874. The van der Waals surface area contributed by atoms with Gasteiger partial charge < -0.3 is 5.32 Å². The number of nitrogens with one attached hydrogen (secondary N) is 1. The fourth-order valence-corrected chi connectivity index (χ4v) is 2.01. The van der Waals surface area contributed by atoms with Crippen LogP contribution in [-0.4, -0.2) is 30.4 Å². The van der Waals surface area contributed by atoms with Crippen LogP contribution >= 0.6 is 11.6 Å². The van der Waals surface area contributed by atoms with E-state index in [4.69, 9.17) is 11.6 Å². The van der Waals surface area contributed by atoms with Crippen LogP contribution in [0.25, 0.3) is 10.9 Å². The van der Waals surface area contributed by atoms with Crippen LogP contribution in [0.3, 0.4) is 0 Å². The van der Waals surface area contributed by atoms with Crippen LogP contribution < -0.4 is 10.9 Å². The number of fused-ring (bicyclic) bond motifs is 1. The first kappa shape index (κ1) is 14.1. The summed E-state index contributed by atoms with van der Waals surface area (Å²) in [5.74, 6) is -0.106. The Labute approximate surface area is 128 Å². The van der Waals surface area contributed by atoms with Gasteiger partial charge in [-0.2, -0.15) is 0 Å². The minimum absolute atomic E-state index is 0.188. The minimum Gasteiger partial charge on any atom is -0.308 e. The molecule has 9 heteroatoms. The van der Waals surface area contributed by atoms with E-state index in [1.165, 1.54) is 41.7 Å². The Morgan fingerprint density at radius 3 is 2.86 bits per heavy atom. The number of nitrogens with zero attached hydrogens (tertiary/aromatic N) is 5. The maximum Gasteiger partial charge on any atom is 0.261 e. The van der Waals surface area contributed by atoms with E-state index in [9.17, 15) is 9.59 Å². The molecule has 110 valence electrons. The third-order valence-corrected chi connectivity index (χ3v) is 3.03. The molecule has 8 nitrogen and oxygen atoms in total. The highest BCUT2D eigenvalue weighted by Crippen LogP contribution is 2.10. The van der Waals surface area contributed by atoms with Gasteiger partial charge in [0.15, 0.2) is 5.82 Å². The van der Waals surface area contributed by atoms with Gasteiger partial charge in [0.2, 0.25) is 5.91 Å². The van der Waals surface area contributed by atoms with Gasteiger partial charge >= 0.3 is 0 Å². The number of carbonyl (C=O) groups excluding carboxylic acids is 1. The van der Waals surface area contributed by atoms with Gasteiger partial charge in [0.25, 0.3) is 5.56 Å². The monoisotopic (exact) mass is 316 g/mol. The normalized spacial score (nSPS) is 10.6. The van der Waals surface area contributed by atoms with Crippen LogP contribution in [0.1, 0.15) is 0 Å². The van der Waals surface area contributed by atoms with Crippen molar-refractivity contribution in [1.29, 1.82) is 0 Å². The van der Waals surface area contributed by atoms with E-state index >= 15 is 0 Å². The summed E-state index contributed by atoms with van der Waals surface area (Å²) in [5, 5.41) is 3.03. The van der Waals surface area contributed by atoms with Crippen LogP contribution in [0, 0.1) is 0 Å². The Morgan fingerprint density at radius 2 is 2.09 bits per heavy atom. The molecule has 0 saturated heterocycles. The first-order valence-electron chi connectivity index (χ1n) is 6.20. The molecule has 3 aromatic rings. The molecule has 22 heavy (non-hydrogen) atoms. The molecule has 0 aliphatic heterocycles. The molecule has 3 aromatic heterocycles. The molecule has 0 aromatic carbocycles. The molecule has 0 unspecified atom stereocenters. The zero-order valence-corrected chi connectivity index (χ0v) is 11.9. The minimum atomic E-state index is -0.413. The molecule has 3 rings (SSSR count). The van der Waals surface area contributed by atoms with Gasteiger partial charge in [-0.15, -0.1) is 0 Å². The molecular formula is C13H9ClN6O2. The van der Waals surface area contributed by atoms with Crippen molar-refractivity contribution in [2.24, 2.45) is 0 Å². The molecule has 0 saturated carbocycles. The van der Waals surface area contributed by atoms with E-state index in [1.807, 2.05) is 0 Å². The highest BCUT2D eigenvalue weighted by molar-refractivity contribution is 6.30. The first-order valence-corrected chi connectivity index (χ1v) is 6.58. The number of hydrogen-bond acceptors (Lipinski definition) is 6. The maximum atomic E-state index is 12.3. The number of pyridine rings is 1. The van der Waals surface area contributed by atoms with Gasteiger partial charge in [-0.05, 0) is 6.07 Å². The zero-order chi connectivity index (χ0) is 15.5. The average Bonchev–Trinajstić information content (AvgIpc) is 2.51. The molecular weight excluding hydrogens is 308 g/mol. The van der Waals surface area contributed by atoms with Crippen LogP contribution in [-0.2, 0) is 11.3 Å². The molecule has 1 N–H and O–H groups in total. The highest BCUT2D eigenvalue weighted by Gasteiger charge is 2.09. The van der Waals surface area contributed by atoms with Crippen LogP contribution in [0.15, 0.2) is 42.0 Å². The van der Waals surface area contributed by atoms with E-state index in [1.54, 1.807) is 0 Å². The molecule has 0 spiro atoms. The number of carbonyl (C=O) groups is 1. The summed E-state index contributed by atoms with van der Waals surface area (Å²) in [7, 11) is 0. The first-order chi connectivity index (χ1) is 10.6. The summed E-state index contributed by atoms with van der Waals surface area (Å²) >= 11 is 5.77. The van der Waals surface area contributed by atoms with Crippen LogP contribution in [0.4, 0.5) is 5.82 Å².